The number of aryl methyl sites for hydroxylation is 2. The molecule has 3 rings (SSSR count). The summed E-state index contributed by atoms with van der Waals surface area (Å²) in [6.45, 7) is 14.1. The fourth-order valence-electron chi connectivity index (χ4n) is 3.31. The second kappa shape index (κ2) is 7.49. The van der Waals surface area contributed by atoms with E-state index in [0.717, 1.165) is 44.1 Å². The average Bonchev–Trinajstić information content (AvgIpc) is 2.93. The quantitative estimate of drug-likeness (QED) is 0.812. The topological polar surface area (TPSA) is 59.2 Å². The van der Waals surface area contributed by atoms with Gasteiger partial charge in [-0.15, -0.1) is 5.10 Å². The van der Waals surface area contributed by atoms with Gasteiger partial charge in [-0.05, 0) is 39.8 Å². The van der Waals surface area contributed by atoms with E-state index in [9.17, 15) is 4.79 Å². The molecular formula is C18H28N6O. The molecule has 1 saturated heterocycles. The summed E-state index contributed by atoms with van der Waals surface area (Å²) in [6, 6.07) is 5.92. The molecule has 7 heteroatoms. The lowest BCUT2D eigenvalue weighted by Crippen LogP contribution is -2.49. The SMILES string of the molecule is Cc1cc(C)n(-c2ccc(=O)n(CCN3CCN(C(C)C)CC3)n2)n1. The number of hydrogen-bond acceptors (Lipinski definition) is 5. The zero-order chi connectivity index (χ0) is 18.0. The molecule has 0 saturated carbocycles. The zero-order valence-corrected chi connectivity index (χ0v) is 15.6. The predicted molar refractivity (Wildman–Crippen MR) is 98.2 cm³/mol. The molecule has 0 aromatic carbocycles. The maximum atomic E-state index is 12.2. The summed E-state index contributed by atoms with van der Waals surface area (Å²) >= 11 is 0. The van der Waals surface area contributed by atoms with Crippen LogP contribution in [-0.4, -0.2) is 68.1 Å². The van der Waals surface area contributed by atoms with Crippen molar-refractivity contribution in [3.05, 3.63) is 39.9 Å². The second-order valence-electron chi connectivity index (χ2n) is 7.06. The maximum absolute atomic E-state index is 12.2. The Morgan fingerprint density at radius 2 is 1.76 bits per heavy atom. The van der Waals surface area contributed by atoms with Crippen molar-refractivity contribution in [1.82, 2.24) is 29.4 Å². The molecule has 1 aliphatic rings. The summed E-state index contributed by atoms with van der Waals surface area (Å²) in [4.78, 5) is 17.0. The largest absolute Gasteiger partial charge is 0.299 e. The Kier molecular flexibility index (Phi) is 5.34. The Morgan fingerprint density at radius 1 is 1.04 bits per heavy atom. The van der Waals surface area contributed by atoms with Gasteiger partial charge in [0.2, 0.25) is 0 Å². The smallest absolute Gasteiger partial charge is 0.266 e. The molecule has 1 aliphatic heterocycles. The summed E-state index contributed by atoms with van der Waals surface area (Å²) in [7, 11) is 0. The Balaban J connectivity index is 1.66. The summed E-state index contributed by atoms with van der Waals surface area (Å²) in [6.07, 6.45) is 0. The first-order chi connectivity index (χ1) is 11.9. The van der Waals surface area contributed by atoms with Gasteiger partial charge in [-0.25, -0.2) is 9.36 Å². The molecule has 0 N–H and O–H groups in total. The highest BCUT2D eigenvalue weighted by atomic mass is 16.1. The Labute approximate surface area is 148 Å². The minimum Gasteiger partial charge on any atom is -0.299 e. The number of nitrogens with zero attached hydrogens (tertiary/aromatic N) is 6. The summed E-state index contributed by atoms with van der Waals surface area (Å²) in [5, 5.41) is 8.96. The molecule has 0 aliphatic carbocycles. The number of aromatic nitrogens is 4. The third-order valence-corrected chi connectivity index (χ3v) is 4.84. The highest BCUT2D eigenvalue weighted by molar-refractivity contribution is 5.23. The van der Waals surface area contributed by atoms with Crippen LogP contribution in [0.4, 0.5) is 0 Å². The van der Waals surface area contributed by atoms with Crippen molar-refractivity contribution in [1.29, 1.82) is 0 Å². The van der Waals surface area contributed by atoms with Crippen LogP contribution < -0.4 is 5.56 Å². The van der Waals surface area contributed by atoms with Crippen molar-refractivity contribution in [2.75, 3.05) is 32.7 Å². The molecule has 136 valence electrons. The summed E-state index contributed by atoms with van der Waals surface area (Å²) in [5.41, 5.74) is 1.89. The monoisotopic (exact) mass is 344 g/mol. The van der Waals surface area contributed by atoms with Gasteiger partial charge in [0.15, 0.2) is 5.82 Å². The summed E-state index contributed by atoms with van der Waals surface area (Å²) < 4.78 is 3.34. The normalized spacial score (nSPS) is 16.7. The summed E-state index contributed by atoms with van der Waals surface area (Å²) in [5.74, 6) is 0.690. The van der Waals surface area contributed by atoms with Crippen molar-refractivity contribution in [2.24, 2.45) is 0 Å². The molecule has 0 radical (unpaired) electrons. The van der Waals surface area contributed by atoms with Crippen LogP contribution in [0, 0.1) is 13.8 Å². The lowest BCUT2D eigenvalue weighted by atomic mass is 10.2. The van der Waals surface area contributed by atoms with E-state index in [4.69, 9.17) is 0 Å². The molecule has 2 aromatic heterocycles. The molecule has 3 heterocycles. The molecule has 0 bridgehead atoms. The van der Waals surface area contributed by atoms with Gasteiger partial charge in [-0.1, -0.05) is 0 Å². The first-order valence-corrected chi connectivity index (χ1v) is 9.02. The van der Waals surface area contributed by atoms with Crippen LogP contribution in [0.3, 0.4) is 0 Å². The lowest BCUT2D eigenvalue weighted by molar-refractivity contribution is 0.105. The number of hydrogen-bond donors (Lipinski definition) is 0. The Hall–Kier alpha value is -1.99. The fraction of sp³-hybridized carbons (Fsp3) is 0.611. The van der Waals surface area contributed by atoms with E-state index in [0.29, 0.717) is 18.4 Å². The Bertz CT molecular complexity index is 770. The van der Waals surface area contributed by atoms with Gasteiger partial charge in [0.25, 0.3) is 5.56 Å². The predicted octanol–water partition coefficient (Wildman–Crippen LogP) is 1.07. The molecular weight excluding hydrogens is 316 g/mol. The highest BCUT2D eigenvalue weighted by Gasteiger charge is 2.18. The van der Waals surface area contributed by atoms with Crippen LogP contribution in [0.2, 0.25) is 0 Å². The molecule has 25 heavy (non-hydrogen) atoms. The van der Waals surface area contributed by atoms with Crippen molar-refractivity contribution in [3.63, 3.8) is 0 Å². The van der Waals surface area contributed by atoms with Gasteiger partial charge in [0, 0.05) is 50.5 Å². The van der Waals surface area contributed by atoms with Gasteiger partial charge >= 0.3 is 0 Å². The standard InChI is InChI=1S/C18H28N6O/c1-14(2)22-10-7-21(8-11-22)9-12-23-18(25)6-5-17(20-23)24-16(4)13-15(3)19-24/h5-6,13-14H,7-12H2,1-4H3. The minimum atomic E-state index is -0.0638. The maximum Gasteiger partial charge on any atom is 0.266 e. The molecule has 0 unspecified atom stereocenters. The second-order valence-corrected chi connectivity index (χ2v) is 7.06. The number of rotatable bonds is 5. The van der Waals surface area contributed by atoms with Crippen LogP contribution in [0.15, 0.2) is 23.0 Å². The Morgan fingerprint density at radius 3 is 2.36 bits per heavy atom. The van der Waals surface area contributed by atoms with Crippen molar-refractivity contribution < 1.29 is 0 Å². The van der Waals surface area contributed by atoms with E-state index in [2.05, 4.69) is 33.8 Å². The first-order valence-electron chi connectivity index (χ1n) is 9.02. The number of piperazine rings is 1. The van der Waals surface area contributed by atoms with Crippen molar-refractivity contribution >= 4 is 0 Å². The van der Waals surface area contributed by atoms with Gasteiger partial charge in [-0.2, -0.15) is 5.10 Å². The third kappa shape index (κ3) is 4.16. The van der Waals surface area contributed by atoms with Gasteiger partial charge in [0.1, 0.15) is 0 Å². The first kappa shape index (κ1) is 17.8. The third-order valence-electron chi connectivity index (χ3n) is 4.84. The van der Waals surface area contributed by atoms with Crippen LogP contribution in [0.5, 0.6) is 0 Å². The van der Waals surface area contributed by atoms with E-state index in [1.165, 1.54) is 0 Å². The highest BCUT2D eigenvalue weighted by Crippen LogP contribution is 2.08. The van der Waals surface area contributed by atoms with Crippen LogP contribution >= 0.6 is 0 Å². The van der Waals surface area contributed by atoms with Gasteiger partial charge in [0.05, 0.1) is 12.2 Å². The van der Waals surface area contributed by atoms with E-state index >= 15 is 0 Å². The molecule has 7 nitrogen and oxygen atoms in total. The molecule has 0 spiro atoms. The van der Waals surface area contributed by atoms with Crippen LogP contribution in [0.1, 0.15) is 25.2 Å². The molecule has 0 amide bonds. The van der Waals surface area contributed by atoms with E-state index in [-0.39, 0.29) is 5.56 Å². The minimum absolute atomic E-state index is 0.0638. The molecule has 2 aromatic rings. The van der Waals surface area contributed by atoms with Gasteiger partial charge < -0.3 is 0 Å². The average molecular weight is 344 g/mol. The fourth-order valence-corrected chi connectivity index (χ4v) is 3.31. The van der Waals surface area contributed by atoms with Gasteiger partial charge in [-0.3, -0.25) is 14.6 Å². The molecule has 1 fully saturated rings. The molecule has 0 atom stereocenters. The van der Waals surface area contributed by atoms with Crippen LogP contribution in [-0.2, 0) is 6.54 Å². The van der Waals surface area contributed by atoms with E-state index in [1.807, 2.05) is 19.9 Å². The lowest BCUT2D eigenvalue weighted by Gasteiger charge is -2.36. The van der Waals surface area contributed by atoms with Crippen LogP contribution in [0.25, 0.3) is 5.82 Å². The van der Waals surface area contributed by atoms with Crippen molar-refractivity contribution in [2.45, 2.75) is 40.3 Å². The van der Waals surface area contributed by atoms with Crippen molar-refractivity contribution in [3.8, 4) is 5.82 Å². The zero-order valence-electron chi connectivity index (χ0n) is 15.6. The van der Waals surface area contributed by atoms with E-state index < -0.39 is 0 Å². The van der Waals surface area contributed by atoms with E-state index in [1.54, 1.807) is 21.5 Å².